The number of nitrogens with one attached hydrogen (secondary N) is 1. The van der Waals surface area contributed by atoms with Gasteiger partial charge in [0.15, 0.2) is 0 Å². The lowest BCUT2D eigenvalue weighted by atomic mass is 9.97. The zero-order chi connectivity index (χ0) is 22.8. The predicted molar refractivity (Wildman–Crippen MR) is 124 cm³/mol. The summed E-state index contributed by atoms with van der Waals surface area (Å²) in [5.41, 5.74) is 7.31. The maximum absolute atomic E-state index is 12.7. The summed E-state index contributed by atoms with van der Waals surface area (Å²) in [6.45, 7) is 12.0. The van der Waals surface area contributed by atoms with Crippen molar-refractivity contribution in [3.63, 3.8) is 0 Å². The van der Waals surface area contributed by atoms with Crippen molar-refractivity contribution < 1.29 is 14.1 Å². The van der Waals surface area contributed by atoms with E-state index >= 15 is 0 Å². The quantitative estimate of drug-likeness (QED) is 0.648. The highest BCUT2D eigenvalue weighted by atomic mass is 16.5. The van der Waals surface area contributed by atoms with Crippen molar-refractivity contribution in [2.75, 3.05) is 18.0 Å². The maximum atomic E-state index is 12.7. The number of aryl methyl sites for hydroxylation is 3. The summed E-state index contributed by atoms with van der Waals surface area (Å²) in [7, 11) is 0. The number of pyridine rings is 1. The normalized spacial score (nSPS) is 18.6. The molecule has 0 spiro atoms. The van der Waals surface area contributed by atoms with Gasteiger partial charge in [-0.15, -0.1) is 0 Å². The lowest BCUT2D eigenvalue weighted by Gasteiger charge is -2.37. The molecule has 1 aliphatic rings. The summed E-state index contributed by atoms with van der Waals surface area (Å²) in [6, 6.07) is 10.6. The Morgan fingerprint density at radius 2 is 1.78 bits per heavy atom. The minimum absolute atomic E-state index is 0.170. The highest BCUT2D eigenvalue weighted by molar-refractivity contribution is 5.94. The molecule has 7 heteroatoms. The fourth-order valence-corrected chi connectivity index (χ4v) is 4.36. The zero-order valence-corrected chi connectivity index (χ0v) is 19.3. The molecule has 32 heavy (non-hydrogen) atoms. The molecule has 2 atom stereocenters. The Labute approximate surface area is 188 Å². The molecule has 0 radical (unpaired) electrons. The second-order valence-electron chi connectivity index (χ2n) is 8.64. The molecular weight excluding hydrogens is 404 g/mol. The van der Waals surface area contributed by atoms with Crippen LogP contribution in [0.25, 0.3) is 11.1 Å². The standard InChI is InChI=1S/C25H30N4O3/c1-15-8-20(9-16(2)27-15)23-7-6-22(29-12-17(3)32-18(4)13-29)10-21(23)11-26-25(30)24-14-31-28-19(24)5/h6-10,14,17-18H,11-13H2,1-5H3,(H,26,30). The minimum Gasteiger partial charge on any atom is -0.372 e. The van der Waals surface area contributed by atoms with Crippen LogP contribution in [0.4, 0.5) is 5.69 Å². The number of carbonyl (C=O) groups excluding carboxylic acids is 1. The molecule has 1 fully saturated rings. The monoisotopic (exact) mass is 434 g/mol. The van der Waals surface area contributed by atoms with Crippen LogP contribution in [0.2, 0.25) is 0 Å². The fourth-order valence-electron chi connectivity index (χ4n) is 4.36. The van der Waals surface area contributed by atoms with Gasteiger partial charge in [0.25, 0.3) is 5.91 Å². The first kappa shape index (κ1) is 22.0. The number of aromatic nitrogens is 2. The van der Waals surface area contributed by atoms with Crippen LogP contribution in [-0.4, -0.2) is 41.3 Å². The summed E-state index contributed by atoms with van der Waals surface area (Å²) in [5, 5.41) is 6.84. The summed E-state index contributed by atoms with van der Waals surface area (Å²) in [6.07, 6.45) is 1.72. The average molecular weight is 435 g/mol. The van der Waals surface area contributed by atoms with Gasteiger partial charge in [-0.1, -0.05) is 11.2 Å². The van der Waals surface area contributed by atoms with Gasteiger partial charge in [0, 0.05) is 36.7 Å². The van der Waals surface area contributed by atoms with E-state index in [0.29, 0.717) is 17.8 Å². The fraction of sp³-hybridized carbons (Fsp3) is 0.400. The lowest BCUT2D eigenvalue weighted by molar-refractivity contribution is -0.00522. The van der Waals surface area contributed by atoms with Gasteiger partial charge in [-0.2, -0.15) is 0 Å². The Kier molecular flexibility index (Phi) is 6.28. The highest BCUT2D eigenvalue weighted by Gasteiger charge is 2.23. The van der Waals surface area contributed by atoms with Crippen molar-refractivity contribution in [1.82, 2.24) is 15.5 Å². The van der Waals surface area contributed by atoms with E-state index in [0.717, 1.165) is 46.9 Å². The first-order valence-electron chi connectivity index (χ1n) is 11.0. The molecule has 0 aliphatic carbocycles. The van der Waals surface area contributed by atoms with E-state index in [1.165, 1.54) is 6.26 Å². The number of ether oxygens (including phenoxy) is 1. The van der Waals surface area contributed by atoms with Gasteiger partial charge in [0.1, 0.15) is 11.8 Å². The zero-order valence-electron chi connectivity index (χ0n) is 19.3. The molecule has 2 aromatic heterocycles. The second kappa shape index (κ2) is 9.12. The SMILES string of the molecule is Cc1cc(-c2ccc(N3CC(C)OC(C)C3)cc2CNC(=O)c2conc2C)cc(C)n1. The molecule has 7 nitrogen and oxygen atoms in total. The summed E-state index contributed by atoms with van der Waals surface area (Å²) in [4.78, 5) is 19.5. The van der Waals surface area contributed by atoms with E-state index in [1.807, 2.05) is 13.8 Å². The van der Waals surface area contributed by atoms with Gasteiger partial charge in [-0.3, -0.25) is 9.78 Å². The topological polar surface area (TPSA) is 80.5 Å². The Hall–Kier alpha value is -3.19. The van der Waals surface area contributed by atoms with Gasteiger partial charge in [-0.25, -0.2) is 0 Å². The molecule has 1 aliphatic heterocycles. The number of carbonyl (C=O) groups is 1. The third-order valence-electron chi connectivity index (χ3n) is 5.70. The maximum Gasteiger partial charge on any atom is 0.256 e. The van der Waals surface area contributed by atoms with E-state index in [9.17, 15) is 4.79 Å². The van der Waals surface area contributed by atoms with E-state index in [4.69, 9.17) is 9.26 Å². The number of rotatable bonds is 5. The molecule has 2 unspecified atom stereocenters. The Balaban J connectivity index is 1.67. The van der Waals surface area contributed by atoms with Gasteiger partial charge in [0.05, 0.1) is 17.9 Å². The van der Waals surface area contributed by atoms with Gasteiger partial charge in [-0.05, 0) is 75.6 Å². The predicted octanol–water partition coefficient (Wildman–Crippen LogP) is 4.21. The van der Waals surface area contributed by atoms with E-state index in [1.54, 1.807) is 6.92 Å². The number of hydrogen-bond acceptors (Lipinski definition) is 6. The number of hydrogen-bond donors (Lipinski definition) is 1. The number of amides is 1. The summed E-state index contributed by atoms with van der Waals surface area (Å²) < 4.78 is 10.8. The molecule has 168 valence electrons. The van der Waals surface area contributed by atoms with Crippen LogP contribution in [0.1, 0.15) is 46.9 Å². The minimum atomic E-state index is -0.198. The van der Waals surface area contributed by atoms with Crippen LogP contribution in [-0.2, 0) is 11.3 Å². The van der Waals surface area contributed by atoms with Crippen molar-refractivity contribution in [3.8, 4) is 11.1 Å². The van der Waals surface area contributed by atoms with E-state index < -0.39 is 0 Å². The van der Waals surface area contributed by atoms with Crippen LogP contribution in [0.3, 0.4) is 0 Å². The van der Waals surface area contributed by atoms with Crippen LogP contribution in [0.15, 0.2) is 41.1 Å². The first-order chi connectivity index (χ1) is 15.3. The Bertz CT molecular complexity index is 1090. The first-order valence-corrected chi connectivity index (χ1v) is 11.0. The van der Waals surface area contributed by atoms with Crippen LogP contribution < -0.4 is 10.2 Å². The summed E-state index contributed by atoms with van der Waals surface area (Å²) in [5.74, 6) is -0.198. The third kappa shape index (κ3) is 4.83. The number of nitrogens with zero attached hydrogens (tertiary/aromatic N) is 3. The van der Waals surface area contributed by atoms with Crippen molar-refractivity contribution in [1.29, 1.82) is 0 Å². The average Bonchev–Trinajstić information content (AvgIpc) is 3.16. The summed E-state index contributed by atoms with van der Waals surface area (Å²) >= 11 is 0. The van der Waals surface area contributed by atoms with Crippen LogP contribution in [0.5, 0.6) is 0 Å². The third-order valence-corrected chi connectivity index (χ3v) is 5.70. The van der Waals surface area contributed by atoms with Gasteiger partial charge in [0.2, 0.25) is 0 Å². The molecule has 1 N–H and O–H groups in total. The highest BCUT2D eigenvalue weighted by Crippen LogP contribution is 2.30. The molecule has 1 saturated heterocycles. The van der Waals surface area contributed by atoms with Crippen molar-refractivity contribution in [2.45, 2.75) is 53.4 Å². The van der Waals surface area contributed by atoms with Crippen molar-refractivity contribution in [3.05, 3.63) is 64.8 Å². The molecule has 0 saturated carbocycles. The number of benzene rings is 1. The van der Waals surface area contributed by atoms with Crippen LogP contribution >= 0.6 is 0 Å². The lowest BCUT2D eigenvalue weighted by Crippen LogP contribution is -2.45. The molecule has 4 rings (SSSR count). The Morgan fingerprint density at radius 3 is 2.41 bits per heavy atom. The number of morpholine rings is 1. The Morgan fingerprint density at radius 1 is 1.09 bits per heavy atom. The van der Waals surface area contributed by atoms with E-state index in [-0.39, 0.29) is 18.1 Å². The molecule has 0 bridgehead atoms. The molecule has 3 heterocycles. The second-order valence-corrected chi connectivity index (χ2v) is 8.64. The smallest absolute Gasteiger partial charge is 0.256 e. The van der Waals surface area contributed by atoms with Crippen molar-refractivity contribution >= 4 is 11.6 Å². The largest absolute Gasteiger partial charge is 0.372 e. The molecule has 3 aromatic rings. The van der Waals surface area contributed by atoms with Gasteiger partial charge < -0.3 is 19.5 Å². The van der Waals surface area contributed by atoms with E-state index in [2.05, 4.69) is 64.5 Å². The molecule has 1 amide bonds. The number of anilines is 1. The molecular formula is C25H30N4O3. The molecule has 1 aromatic carbocycles. The van der Waals surface area contributed by atoms with Crippen LogP contribution in [0, 0.1) is 20.8 Å². The van der Waals surface area contributed by atoms with Crippen molar-refractivity contribution in [2.24, 2.45) is 0 Å². The van der Waals surface area contributed by atoms with Gasteiger partial charge >= 0.3 is 0 Å².